The number of hydrogen-bond donors (Lipinski definition) is 1. The largest absolute Gasteiger partial charge is 0.484 e. The highest BCUT2D eigenvalue weighted by atomic mass is 32.1. The van der Waals surface area contributed by atoms with Gasteiger partial charge in [-0.2, -0.15) is 0 Å². The SMILES string of the molecule is CCOC(=O)c1c(NC(=O)COc2ccc(C(C)(C)c3ccccc3)cc2)sc2c1CCC(C)C2. The van der Waals surface area contributed by atoms with Crippen molar-refractivity contribution < 1.29 is 19.1 Å². The summed E-state index contributed by atoms with van der Waals surface area (Å²) in [5, 5.41) is 3.47. The van der Waals surface area contributed by atoms with Gasteiger partial charge in [0, 0.05) is 10.3 Å². The Morgan fingerprint density at radius 1 is 1.06 bits per heavy atom. The van der Waals surface area contributed by atoms with E-state index in [1.165, 1.54) is 21.8 Å². The summed E-state index contributed by atoms with van der Waals surface area (Å²) in [6, 6.07) is 18.2. The summed E-state index contributed by atoms with van der Waals surface area (Å²) in [5.41, 5.74) is 3.80. The van der Waals surface area contributed by atoms with Crippen molar-refractivity contribution in [2.24, 2.45) is 5.92 Å². The number of thiophene rings is 1. The van der Waals surface area contributed by atoms with Crippen LogP contribution in [0.5, 0.6) is 5.75 Å². The van der Waals surface area contributed by atoms with Crippen LogP contribution in [0.15, 0.2) is 54.6 Å². The number of anilines is 1. The first-order chi connectivity index (χ1) is 16.8. The molecule has 35 heavy (non-hydrogen) atoms. The highest BCUT2D eigenvalue weighted by molar-refractivity contribution is 7.17. The lowest BCUT2D eigenvalue weighted by atomic mass is 9.78. The van der Waals surface area contributed by atoms with E-state index < -0.39 is 0 Å². The van der Waals surface area contributed by atoms with Crippen LogP contribution in [0.3, 0.4) is 0 Å². The fourth-order valence-corrected chi connectivity index (χ4v) is 5.97. The average Bonchev–Trinajstić information content (AvgIpc) is 3.20. The molecule has 5 nitrogen and oxygen atoms in total. The van der Waals surface area contributed by atoms with Gasteiger partial charge in [0.15, 0.2) is 6.61 Å². The van der Waals surface area contributed by atoms with E-state index in [0.29, 0.717) is 28.8 Å². The van der Waals surface area contributed by atoms with Crippen molar-refractivity contribution in [1.82, 2.24) is 0 Å². The van der Waals surface area contributed by atoms with Crippen molar-refractivity contribution in [3.8, 4) is 5.75 Å². The second kappa shape index (κ2) is 10.6. The van der Waals surface area contributed by atoms with Crippen LogP contribution in [0.1, 0.15) is 66.0 Å². The van der Waals surface area contributed by atoms with Gasteiger partial charge in [-0.05, 0) is 60.9 Å². The summed E-state index contributed by atoms with van der Waals surface area (Å²) >= 11 is 1.48. The van der Waals surface area contributed by atoms with Crippen LogP contribution < -0.4 is 10.1 Å². The Balaban J connectivity index is 1.42. The molecule has 1 unspecified atom stereocenters. The lowest BCUT2D eigenvalue weighted by Crippen LogP contribution is -2.22. The molecule has 6 heteroatoms. The molecule has 0 saturated heterocycles. The van der Waals surface area contributed by atoms with Gasteiger partial charge in [0.1, 0.15) is 10.8 Å². The summed E-state index contributed by atoms with van der Waals surface area (Å²) in [7, 11) is 0. The molecule has 2 aromatic carbocycles. The Bertz CT molecular complexity index is 1180. The van der Waals surface area contributed by atoms with E-state index in [2.05, 4.69) is 38.2 Å². The first-order valence-electron chi connectivity index (χ1n) is 12.2. The molecule has 0 fully saturated rings. The van der Waals surface area contributed by atoms with Gasteiger partial charge in [-0.1, -0.05) is 63.2 Å². The van der Waals surface area contributed by atoms with Crippen LogP contribution in [0.2, 0.25) is 0 Å². The normalized spacial score (nSPS) is 15.3. The molecule has 1 aromatic heterocycles. The Labute approximate surface area is 211 Å². The number of esters is 1. The van der Waals surface area contributed by atoms with Crippen molar-refractivity contribution in [3.05, 3.63) is 81.7 Å². The summed E-state index contributed by atoms with van der Waals surface area (Å²) < 4.78 is 11.0. The molecule has 1 heterocycles. The molecule has 184 valence electrons. The van der Waals surface area contributed by atoms with E-state index in [4.69, 9.17) is 9.47 Å². The van der Waals surface area contributed by atoms with Crippen LogP contribution >= 0.6 is 11.3 Å². The molecule has 3 aromatic rings. The lowest BCUT2D eigenvalue weighted by molar-refractivity contribution is -0.118. The highest BCUT2D eigenvalue weighted by Gasteiger charge is 2.29. The predicted molar refractivity (Wildman–Crippen MR) is 141 cm³/mol. The first-order valence-corrected chi connectivity index (χ1v) is 13.0. The molecule has 1 aliphatic rings. The molecule has 1 amide bonds. The van der Waals surface area contributed by atoms with Crippen molar-refractivity contribution in [2.45, 2.75) is 52.4 Å². The van der Waals surface area contributed by atoms with Crippen LogP contribution in [0.4, 0.5) is 5.00 Å². The minimum absolute atomic E-state index is 0.136. The number of rotatable bonds is 8. The topological polar surface area (TPSA) is 64.6 Å². The summed E-state index contributed by atoms with van der Waals surface area (Å²) in [6.07, 6.45) is 2.79. The molecule has 1 N–H and O–H groups in total. The first kappa shape index (κ1) is 25.0. The zero-order valence-corrected chi connectivity index (χ0v) is 21.7. The number of hydrogen-bond acceptors (Lipinski definition) is 5. The Morgan fingerprint density at radius 3 is 2.43 bits per heavy atom. The maximum Gasteiger partial charge on any atom is 0.341 e. The molecule has 0 saturated carbocycles. The molecule has 0 bridgehead atoms. The minimum Gasteiger partial charge on any atom is -0.484 e. The van der Waals surface area contributed by atoms with Gasteiger partial charge in [-0.3, -0.25) is 4.79 Å². The van der Waals surface area contributed by atoms with Gasteiger partial charge in [-0.15, -0.1) is 11.3 Å². The summed E-state index contributed by atoms with van der Waals surface area (Å²) in [5.74, 6) is 0.527. The zero-order valence-electron chi connectivity index (χ0n) is 20.9. The van der Waals surface area contributed by atoms with Crippen molar-refractivity contribution in [2.75, 3.05) is 18.5 Å². The number of amides is 1. The Hall–Kier alpha value is -3.12. The molecule has 0 spiro atoms. The summed E-state index contributed by atoms with van der Waals surface area (Å²) in [4.78, 5) is 26.5. The van der Waals surface area contributed by atoms with Gasteiger partial charge in [0.25, 0.3) is 5.91 Å². The number of nitrogens with one attached hydrogen (secondary N) is 1. The molecule has 4 rings (SSSR count). The third-order valence-electron chi connectivity index (χ3n) is 6.69. The van der Waals surface area contributed by atoms with E-state index in [-0.39, 0.29) is 23.9 Å². The van der Waals surface area contributed by atoms with E-state index in [1.807, 2.05) is 42.5 Å². The average molecular weight is 492 g/mol. The van der Waals surface area contributed by atoms with Gasteiger partial charge in [0.2, 0.25) is 0 Å². The van der Waals surface area contributed by atoms with E-state index >= 15 is 0 Å². The number of fused-ring (bicyclic) bond motifs is 1. The van der Waals surface area contributed by atoms with Crippen molar-refractivity contribution in [3.63, 3.8) is 0 Å². The van der Waals surface area contributed by atoms with E-state index in [9.17, 15) is 9.59 Å². The molecular formula is C29H33NO4S. The molecular weight excluding hydrogens is 458 g/mol. The van der Waals surface area contributed by atoms with Crippen LogP contribution in [0.25, 0.3) is 0 Å². The molecule has 0 radical (unpaired) electrons. The Morgan fingerprint density at radius 2 is 1.74 bits per heavy atom. The predicted octanol–water partition coefficient (Wildman–Crippen LogP) is 6.39. The van der Waals surface area contributed by atoms with E-state index in [0.717, 1.165) is 30.4 Å². The van der Waals surface area contributed by atoms with E-state index in [1.54, 1.807) is 6.92 Å². The second-order valence-corrected chi connectivity index (χ2v) is 10.7. The quantitative estimate of drug-likeness (QED) is 0.371. The Kier molecular flexibility index (Phi) is 7.60. The highest BCUT2D eigenvalue weighted by Crippen LogP contribution is 2.40. The van der Waals surface area contributed by atoms with Crippen LogP contribution in [-0.4, -0.2) is 25.1 Å². The number of benzene rings is 2. The number of carbonyl (C=O) groups is 2. The fraction of sp³-hybridized carbons (Fsp3) is 0.379. The van der Waals surface area contributed by atoms with Gasteiger partial charge < -0.3 is 14.8 Å². The van der Waals surface area contributed by atoms with Crippen molar-refractivity contribution in [1.29, 1.82) is 0 Å². The number of ether oxygens (including phenoxy) is 2. The minimum atomic E-state index is -0.368. The third-order valence-corrected chi connectivity index (χ3v) is 7.86. The van der Waals surface area contributed by atoms with Crippen molar-refractivity contribution >= 4 is 28.2 Å². The maximum atomic E-state index is 12.7. The standard InChI is InChI=1S/C29H33NO4S/c1-5-33-28(32)26-23-16-11-19(2)17-24(23)35-27(26)30-25(31)18-34-22-14-12-21(13-15-22)29(3,4)20-9-7-6-8-10-20/h6-10,12-15,19H,5,11,16-18H2,1-4H3,(H,30,31). The fourth-order valence-electron chi connectivity index (χ4n) is 4.56. The summed E-state index contributed by atoms with van der Waals surface area (Å²) in [6.45, 7) is 8.54. The van der Waals surface area contributed by atoms with Gasteiger partial charge in [-0.25, -0.2) is 4.79 Å². The van der Waals surface area contributed by atoms with Gasteiger partial charge >= 0.3 is 5.97 Å². The smallest absolute Gasteiger partial charge is 0.341 e. The lowest BCUT2D eigenvalue weighted by Gasteiger charge is -2.26. The second-order valence-electron chi connectivity index (χ2n) is 9.63. The van der Waals surface area contributed by atoms with Crippen LogP contribution in [-0.2, 0) is 27.8 Å². The maximum absolute atomic E-state index is 12.7. The third kappa shape index (κ3) is 5.59. The van der Waals surface area contributed by atoms with Gasteiger partial charge in [0.05, 0.1) is 12.2 Å². The monoisotopic (exact) mass is 491 g/mol. The molecule has 1 atom stereocenters. The number of carbonyl (C=O) groups excluding carboxylic acids is 2. The van der Waals surface area contributed by atoms with Crippen LogP contribution in [0, 0.1) is 5.92 Å². The zero-order chi connectivity index (χ0) is 25.0. The molecule has 1 aliphatic carbocycles. The molecule has 0 aliphatic heterocycles.